The Kier molecular flexibility index (Phi) is 3.33. The van der Waals surface area contributed by atoms with Gasteiger partial charge in [-0.2, -0.15) is 5.26 Å². The molecule has 0 saturated carbocycles. The van der Waals surface area contributed by atoms with Crippen molar-refractivity contribution in [1.82, 2.24) is 0 Å². The van der Waals surface area contributed by atoms with E-state index in [1.54, 1.807) is 12.1 Å². The van der Waals surface area contributed by atoms with Crippen LogP contribution in [0.3, 0.4) is 0 Å². The molecule has 3 aromatic rings. The number of aromatic hydroxyl groups is 1. The van der Waals surface area contributed by atoms with Gasteiger partial charge in [0.25, 0.3) is 0 Å². The number of phenolic OH excluding ortho intramolecular Hbond substituents is 1. The molecule has 0 heterocycles. The van der Waals surface area contributed by atoms with Crippen LogP contribution < -0.4 is 0 Å². The second-order valence-electron chi connectivity index (χ2n) is 5.02. The Morgan fingerprint density at radius 2 is 1.71 bits per heavy atom. The summed E-state index contributed by atoms with van der Waals surface area (Å²) in [6.45, 7) is 1.43. The number of benzene rings is 3. The van der Waals surface area contributed by atoms with E-state index in [1.165, 1.54) is 29.2 Å². The summed E-state index contributed by atoms with van der Waals surface area (Å²) in [5.74, 6) is 0.386. The van der Waals surface area contributed by atoms with Gasteiger partial charge in [-0.15, -0.1) is 0 Å². The normalized spacial score (nSPS) is 11.0. The summed E-state index contributed by atoms with van der Waals surface area (Å²) in [6.07, 6.45) is 0.917. The smallest absolute Gasteiger partial charge is 0.123 e. The maximum Gasteiger partial charge on any atom is 0.123 e. The van der Waals surface area contributed by atoms with Crippen LogP contribution in [-0.2, 0) is 6.42 Å². The Hall–Kier alpha value is -2.79. The van der Waals surface area contributed by atoms with E-state index in [1.807, 2.05) is 6.07 Å². The minimum atomic E-state index is 0.386. The quantitative estimate of drug-likeness (QED) is 0.507. The lowest BCUT2D eigenvalue weighted by molar-refractivity contribution is 0.481. The molecule has 102 valence electrons. The molecule has 1 N–H and O–H groups in total. The van der Waals surface area contributed by atoms with Gasteiger partial charge in [-0.05, 0) is 40.1 Å². The molecule has 0 amide bonds. The largest absolute Gasteiger partial charge is 0.507 e. The number of nitriles is 1. The first-order chi connectivity index (χ1) is 10.3. The van der Waals surface area contributed by atoms with Gasteiger partial charge in [-0.25, -0.2) is 0 Å². The zero-order chi connectivity index (χ0) is 14.8. The molecule has 0 unspecified atom stereocenters. The molecular weight excluding hydrogens is 258 g/mol. The highest BCUT2D eigenvalue weighted by Gasteiger charge is 2.20. The van der Waals surface area contributed by atoms with Gasteiger partial charge in [0, 0.05) is 12.3 Å². The summed E-state index contributed by atoms with van der Waals surface area (Å²) < 4.78 is 0. The van der Waals surface area contributed by atoms with Crippen LogP contribution in [0.2, 0.25) is 0 Å². The standard InChI is InChI=1S/C17H12O.C2H3N/c18-16-7-3-5-11-8-9-14-13-6-2-1-4-12(13)10-15(14)17(11)16;1-2-3/h1-9,18H,10H2;1H3. The Balaban J connectivity index is 0.000000409. The molecule has 0 atom stereocenters. The number of rotatable bonds is 0. The van der Waals surface area contributed by atoms with Gasteiger partial charge >= 0.3 is 0 Å². The molecule has 0 bridgehead atoms. The van der Waals surface area contributed by atoms with E-state index in [-0.39, 0.29) is 0 Å². The maximum absolute atomic E-state index is 10.1. The molecule has 21 heavy (non-hydrogen) atoms. The highest BCUT2D eigenvalue weighted by molar-refractivity contribution is 5.98. The fraction of sp³-hybridized carbons (Fsp3) is 0.105. The van der Waals surface area contributed by atoms with E-state index in [0.717, 1.165) is 17.2 Å². The lowest BCUT2D eigenvalue weighted by Crippen LogP contribution is -1.84. The van der Waals surface area contributed by atoms with Crippen molar-refractivity contribution in [2.75, 3.05) is 0 Å². The van der Waals surface area contributed by atoms with Crippen molar-refractivity contribution in [3.63, 3.8) is 0 Å². The zero-order valence-corrected chi connectivity index (χ0v) is 11.8. The topological polar surface area (TPSA) is 44.0 Å². The monoisotopic (exact) mass is 273 g/mol. The second kappa shape index (κ2) is 5.30. The van der Waals surface area contributed by atoms with Crippen molar-refractivity contribution in [2.24, 2.45) is 0 Å². The summed E-state index contributed by atoms with van der Waals surface area (Å²) in [4.78, 5) is 0. The van der Waals surface area contributed by atoms with E-state index in [2.05, 4.69) is 42.5 Å². The molecule has 0 radical (unpaired) electrons. The predicted molar refractivity (Wildman–Crippen MR) is 85.1 cm³/mol. The van der Waals surface area contributed by atoms with Crippen LogP contribution in [0.5, 0.6) is 5.75 Å². The van der Waals surface area contributed by atoms with Crippen molar-refractivity contribution >= 4 is 10.8 Å². The number of nitrogens with zero attached hydrogens (tertiary/aromatic N) is 1. The van der Waals surface area contributed by atoms with Crippen molar-refractivity contribution in [3.05, 3.63) is 65.7 Å². The number of hydrogen-bond donors (Lipinski definition) is 1. The van der Waals surface area contributed by atoms with Crippen molar-refractivity contribution < 1.29 is 5.11 Å². The van der Waals surface area contributed by atoms with Gasteiger partial charge < -0.3 is 5.11 Å². The van der Waals surface area contributed by atoms with Gasteiger partial charge in [0.15, 0.2) is 0 Å². The molecule has 1 aliphatic rings. The van der Waals surface area contributed by atoms with Crippen molar-refractivity contribution in [2.45, 2.75) is 13.3 Å². The first-order valence-corrected chi connectivity index (χ1v) is 6.89. The summed E-state index contributed by atoms with van der Waals surface area (Å²) in [6, 6.07) is 20.2. The summed E-state index contributed by atoms with van der Waals surface area (Å²) >= 11 is 0. The minimum Gasteiger partial charge on any atom is -0.507 e. The van der Waals surface area contributed by atoms with Gasteiger partial charge in [0.2, 0.25) is 0 Å². The highest BCUT2D eigenvalue weighted by atomic mass is 16.3. The Morgan fingerprint density at radius 1 is 0.952 bits per heavy atom. The molecule has 0 saturated heterocycles. The Morgan fingerprint density at radius 3 is 2.52 bits per heavy atom. The predicted octanol–water partition coefficient (Wildman–Crippen LogP) is 4.65. The van der Waals surface area contributed by atoms with E-state index in [0.29, 0.717) is 5.75 Å². The van der Waals surface area contributed by atoms with Crippen LogP contribution in [0.15, 0.2) is 54.6 Å². The first kappa shape index (κ1) is 13.2. The van der Waals surface area contributed by atoms with E-state index < -0.39 is 0 Å². The highest BCUT2D eigenvalue weighted by Crippen LogP contribution is 2.42. The molecule has 0 aliphatic heterocycles. The third-order valence-electron chi connectivity index (χ3n) is 3.81. The molecule has 0 spiro atoms. The fourth-order valence-electron chi connectivity index (χ4n) is 3.00. The zero-order valence-electron chi connectivity index (χ0n) is 11.8. The van der Waals surface area contributed by atoms with Crippen molar-refractivity contribution in [1.29, 1.82) is 5.26 Å². The van der Waals surface area contributed by atoms with Gasteiger partial charge in [-0.1, -0.05) is 48.5 Å². The summed E-state index contributed by atoms with van der Waals surface area (Å²) in [5.41, 5.74) is 5.17. The molecule has 0 fully saturated rings. The fourth-order valence-corrected chi connectivity index (χ4v) is 3.00. The summed E-state index contributed by atoms with van der Waals surface area (Å²) in [5, 5.41) is 19.6. The van der Waals surface area contributed by atoms with Crippen LogP contribution in [0, 0.1) is 11.3 Å². The van der Waals surface area contributed by atoms with Gasteiger partial charge in [0.1, 0.15) is 5.75 Å². The third kappa shape index (κ3) is 2.13. The van der Waals surface area contributed by atoms with Crippen LogP contribution in [-0.4, -0.2) is 5.11 Å². The summed E-state index contributed by atoms with van der Waals surface area (Å²) in [7, 11) is 0. The lowest BCUT2D eigenvalue weighted by atomic mass is 9.98. The Labute approximate surface area is 123 Å². The van der Waals surface area contributed by atoms with Gasteiger partial charge in [-0.3, -0.25) is 0 Å². The molecule has 4 rings (SSSR count). The second-order valence-corrected chi connectivity index (χ2v) is 5.02. The SMILES string of the molecule is CC#N.Oc1cccc2ccc3c(c12)Cc1ccccc1-3. The van der Waals surface area contributed by atoms with Crippen LogP contribution in [0.25, 0.3) is 21.9 Å². The first-order valence-electron chi connectivity index (χ1n) is 6.89. The van der Waals surface area contributed by atoms with Crippen LogP contribution in [0.1, 0.15) is 18.1 Å². The van der Waals surface area contributed by atoms with Crippen molar-refractivity contribution in [3.8, 4) is 22.9 Å². The number of phenols is 1. The molecule has 1 aliphatic carbocycles. The number of fused-ring (bicyclic) bond motifs is 5. The van der Waals surface area contributed by atoms with Gasteiger partial charge in [0.05, 0.1) is 6.07 Å². The molecule has 2 heteroatoms. The minimum absolute atomic E-state index is 0.386. The third-order valence-corrected chi connectivity index (χ3v) is 3.81. The van der Waals surface area contributed by atoms with E-state index in [9.17, 15) is 5.11 Å². The lowest BCUT2D eigenvalue weighted by Gasteiger charge is -2.07. The Bertz CT molecular complexity index is 859. The average Bonchev–Trinajstić information content (AvgIpc) is 2.86. The van der Waals surface area contributed by atoms with Crippen LogP contribution in [0.4, 0.5) is 0 Å². The molecule has 2 nitrogen and oxygen atoms in total. The van der Waals surface area contributed by atoms with E-state index in [4.69, 9.17) is 5.26 Å². The number of hydrogen-bond acceptors (Lipinski definition) is 2. The average molecular weight is 273 g/mol. The van der Waals surface area contributed by atoms with Crippen LogP contribution >= 0.6 is 0 Å². The molecule has 3 aromatic carbocycles. The van der Waals surface area contributed by atoms with E-state index >= 15 is 0 Å². The molecule has 0 aromatic heterocycles. The molecular formula is C19H15NO. The maximum atomic E-state index is 10.1.